The van der Waals surface area contributed by atoms with Gasteiger partial charge in [-0.2, -0.15) is 4.31 Å². The minimum atomic E-state index is -3.12. The molecule has 0 aliphatic carbocycles. The van der Waals surface area contributed by atoms with E-state index >= 15 is 0 Å². The fourth-order valence-electron chi connectivity index (χ4n) is 3.01. The van der Waals surface area contributed by atoms with Crippen molar-refractivity contribution in [3.05, 3.63) is 11.6 Å². The molecule has 22 heavy (non-hydrogen) atoms. The van der Waals surface area contributed by atoms with Gasteiger partial charge in [-0.3, -0.25) is 4.90 Å². The van der Waals surface area contributed by atoms with Crippen LogP contribution in [0.5, 0.6) is 0 Å². The lowest BCUT2D eigenvalue weighted by Gasteiger charge is -2.32. The van der Waals surface area contributed by atoms with Crippen LogP contribution in [0.1, 0.15) is 33.6 Å². The highest BCUT2D eigenvalue weighted by Crippen LogP contribution is 2.30. The Morgan fingerprint density at radius 3 is 2.41 bits per heavy atom. The highest BCUT2D eigenvalue weighted by atomic mass is 32.2. The van der Waals surface area contributed by atoms with Crippen molar-refractivity contribution in [2.24, 2.45) is 5.41 Å². The Bertz CT molecular complexity index is 488. The quantitative estimate of drug-likeness (QED) is 0.720. The normalized spacial score (nSPS) is 22.6. The maximum atomic E-state index is 12.4. The predicted octanol–water partition coefficient (Wildman–Crippen LogP) is 1.72. The third-order valence-electron chi connectivity index (χ3n) is 4.51. The van der Waals surface area contributed by atoms with Gasteiger partial charge >= 0.3 is 0 Å². The molecule has 0 saturated carbocycles. The first-order valence-electron chi connectivity index (χ1n) is 8.26. The second-order valence-electron chi connectivity index (χ2n) is 7.21. The predicted molar refractivity (Wildman–Crippen MR) is 89.4 cm³/mol. The molecule has 0 aromatic carbocycles. The molecule has 1 fully saturated rings. The van der Waals surface area contributed by atoms with Crippen molar-refractivity contribution in [3.63, 3.8) is 0 Å². The van der Waals surface area contributed by atoms with Crippen molar-refractivity contribution in [1.82, 2.24) is 9.21 Å². The van der Waals surface area contributed by atoms with E-state index in [4.69, 9.17) is 4.74 Å². The van der Waals surface area contributed by atoms with E-state index < -0.39 is 10.0 Å². The molecule has 0 bridgehead atoms. The standard InChI is InChI=1S/C16H30N2O3S/c1-16(2,3)15-5-8-18(9-6-15)22(19,20)14-4-7-17-10-12-21-13-11-17/h5H,4,6-14H2,1-3H3. The summed E-state index contributed by atoms with van der Waals surface area (Å²) in [6.07, 6.45) is 3.66. The minimum absolute atomic E-state index is 0.145. The second-order valence-corrected chi connectivity index (χ2v) is 9.30. The van der Waals surface area contributed by atoms with E-state index in [2.05, 4.69) is 31.7 Å². The molecule has 5 nitrogen and oxygen atoms in total. The van der Waals surface area contributed by atoms with Gasteiger partial charge in [-0.25, -0.2) is 8.42 Å². The van der Waals surface area contributed by atoms with E-state index in [-0.39, 0.29) is 11.2 Å². The Kier molecular flexibility index (Phi) is 6.05. The number of nitrogens with zero attached hydrogens (tertiary/aromatic N) is 2. The Balaban J connectivity index is 1.80. The second kappa shape index (κ2) is 7.43. The molecule has 6 heteroatoms. The lowest BCUT2D eigenvalue weighted by atomic mass is 9.83. The molecule has 2 heterocycles. The summed E-state index contributed by atoms with van der Waals surface area (Å²) in [4.78, 5) is 2.28. The van der Waals surface area contributed by atoms with Crippen LogP contribution in [0.25, 0.3) is 0 Å². The third-order valence-corrected chi connectivity index (χ3v) is 6.43. The zero-order chi connectivity index (χ0) is 16.2. The molecule has 128 valence electrons. The molecule has 0 spiro atoms. The monoisotopic (exact) mass is 330 g/mol. The van der Waals surface area contributed by atoms with Gasteiger partial charge in [-0.05, 0) is 24.8 Å². The highest BCUT2D eigenvalue weighted by Gasteiger charge is 2.27. The van der Waals surface area contributed by atoms with Crippen LogP contribution in [0.2, 0.25) is 0 Å². The van der Waals surface area contributed by atoms with E-state index in [1.54, 1.807) is 4.31 Å². The zero-order valence-electron chi connectivity index (χ0n) is 14.2. The molecule has 0 amide bonds. The van der Waals surface area contributed by atoms with Crippen molar-refractivity contribution in [2.45, 2.75) is 33.6 Å². The largest absolute Gasteiger partial charge is 0.379 e. The van der Waals surface area contributed by atoms with Gasteiger partial charge in [0, 0.05) is 26.2 Å². The smallest absolute Gasteiger partial charge is 0.214 e. The summed E-state index contributed by atoms with van der Waals surface area (Å²) in [5, 5.41) is 0. The van der Waals surface area contributed by atoms with Crippen LogP contribution >= 0.6 is 0 Å². The number of morpholine rings is 1. The zero-order valence-corrected chi connectivity index (χ0v) is 15.0. The van der Waals surface area contributed by atoms with Gasteiger partial charge in [0.05, 0.1) is 19.0 Å². The topological polar surface area (TPSA) is 49.9 Å². The first-order chi connectivity index (χ1) is 10.3. The van der Waals surface area contributed by atoms with Gasteiger partial charge in [-0.1, -0.05) is 32.4 Å². The van der Waals surface area contributed by atoms with Gasteiger partial charge in [-0.15, -0.1) is 0 Å². The lowest BCUT2D eigenvalue weighted by Crippen LogP contribution is -2.40. The molecule has 0 atom stereocenters. The average molecular weight is 330 g/mol. The molecule has 1 saturated heterocycles. The first-order valence-corrected chi connectivity index (χ1v) is 9.87. The Morgan fingerprint density at radius 2 is 1.86 bits per heavy atom. The minimum Gasteiger partial charge on any atom is -0.379 e. The van der Waals surface area contributed by atoms with Crippen LogP contribution in [0.3, 0.4) is 0 Å². The van der Waals surface area contributed by atoms with Gasteiger partial charge < -0.3 is 4.74 Å². The Labute approximate surface area is 135 Å². The summed E-state index contributed by atoms with van der Waals surface area (Å²) in [6.45, 7) is 11.9. The molecule has 2 aliphatic heterocycles. The summed E-state index contributed by atoms with van der Waals surface area (Å²) in [6, 6.07) is 0. The average Bonchev–Trinajstić information content (AvgIpc) is 2.47. The van der Waals surface area contributed by atoms with Gasteiger partial charge in [0.15, 0.2) is 0 Å². The molecule has 2 rings (SSSR count). The first kappa shape index (κ1) is 17.9. The van der Waals surface area contributed by atoms with Gasteiger partial charge in [0.25, 0.3) is 0 Å². The highest BCUT2D eigenvalue weighted by molar-refractivity contribution is 7.89. The van der Waals surface area contributed by atoms with E-state index in [1.165, 1.54) is 5.57 Å². The van der Waals surface area contributed by atoms with Gasteiger partial charge in [0.1, 0.15) is 0 Å². The van der Waals surface area contributed by atoms with Crippen molar-refractivity contribution >= 4 is 10.0 Å². The van der Waals surface area contributed by atoms with Crippen molar-refractivity contribution in [1.29, 1.82) is 0 Å². The molecule has 0 unspecified atom stereocenters. The molecule has 0 aromatic heterocycles. The number of rotatable bonds is 5. The summed E-state index contributed by atoms with van der Waals surface area (Å²) in [5.41, 5.74) is 1.51. The maximum absolute atomic E-state index is 12.4. The van der Waals surface area contributed by atoms with Crippen LogP contribution in [-0.2, 0) is 14.8 Å². The molecule has 0 aromatic rings. The summed E-state index contributed by atoms with van der Waals surface area (Å²) < 4.78 is 31.8. The van der Waals surface area contributed by atoms with E-state index in [0.29, 0.717) is 19.5 Å². The summed E-state index contributed by atoms with van der Waals surface area (Å²) in [5.74, 6) is 0.253. The number of hydrogen-bond acceptors (Lipinski definition) is 4. The summed E-state index contributed by atoms with van der Waals surface area (Å²) >= 11 is 0. The lowest BCUT2D eigenvalue weighted by molar-refractivity contribution is 0.0380. The maximum Gasteiger partial charge on any atom is 0.214 e. The van der Waals surface area contributed by atoms with Gasteiger partial charge in [0.2, 0.25) is 10.0 Å². The molecular weight excluding hydrogens is 300 g/mol. The van der Waals surface area contributed by atoms with E-state index in [9.17, 15) is 8.42 Å². The molecule has 0 radical (unpaired) electrons. The fourth-order valence-corrected chi connectivity index (χ4v) is 4.43. The SMILES string of the molecule is CC(C)(C)C1=CCN(S(=O)(=O)CCCN2CCOCC2)CC1. The number of ether oxygens (including phenoxy) is 1. The number of sulfonamides is 1. The molecular formula is C16H30N2O3S. The number of hydrogen-bond donors (Lipinski definition) is 0. The van der Waals surface area contributed by atoms with Crippen LogP contribution < -0.4 is 0 Å². The molecule has 2 aliphatic rings. The Hall–Kier alpha value is -0.430. The third kappa shape index (κ3) is 5.05. The van der Waals surface area contributed by atoms with Crippen molar-refractivity contribution in [2.75, 3.05) is 51.7 Å². The van der Waals surface area contributed by atoms with Crippen LogP contribution in [0.4, 0.5) is 0 Å². The fraction of sp³-hybridized carbons (Fsp3) is 0.875. The van der Waals surface area contributed by atoms with Crippen LogP contribution in [-0.4, -0.2) is 69.3 Å². The van der Waals surface area contributed by atoms with Crippen molar-refractivity contribution in [3.8, 4) is 0 Å². The summed E-state index contributed by atoms with van der Waals surface area (Å²) in [7, 11) is -3.12. The van der Waals surface area contributed by atoms with E-state index in [0.717, 1.165) is 39.3 Å². The van der Waals surface area contributed by atoms with Crippen molar-refractivity contribution < 1.29 is 13.2 Å². The molecule has 0 N–H and O–H groups in total. The Morgan fingerprint density at radius 1 is 1.18 bits per heavy atom. The van der Waals surface area contributed by atoms with E-state index in [1.807, 2.05) is 0 Å². The van der Waals surface area contributed by atoms with Crippen LogP contribution in [0.15, 0.2) is 11.6 Å². The van der Waals surface area contributed by atoms with Crippen LogP contribution in [0, 0.1) is 5.41 Å².